The van der Waals surface area contributed by atoms with Gasteiger partial charge in [-0.15, -0.1) is 0 Å². The number of nitrogens with one attached hydrogen (secondary N) is 2. The highest BCUT2D eigenvalue weighted by Gasteiger charge is 2.48. The van der Waals surface area contributed by atoms with E-state index < -0.39 is 0 Å². The van der Waals surface area contributed by atoms with E-state index in [-0.39, 0.29) is 11.4 Å². The van der Waals surface area contributed by atoms with Gasteiger partial charge < -0.3 is 10.6 Å². The molecule has 2 heterocycles. The summed E-state index contributed by atoms with van der Waals surface area (Å²) in [7, 11) is 1.91. The molecule has 1 aromatic heterocycles. The summed E-state index contributed by atoms with van der Waals surface area (Å²) in [6.07, 6.45) is 3.79. The Morgan fingerprint density at radius 1 is 1.50 bits per heavy atom. The van der Waals surface area contributed by atoms with E-state index in [0.717, 1.165) is 42.9 Å². The molecule has 2 N–H and O–H groups in total. The Balaban J connectivity index is 2.06. The minimum atomic E-state index is -0.355. The van der Waals surface area contributed by atoms with Crippen LogP contribution in [0, 0.1) is 0 Å². The Morgan fingerprint density at radius 2 is 2.25 bits per heavy atom. The first-order valence-corrected chi connectivity index (χ1v) is 5.82. The van der Waals surface area contributed by atoms with Gasteiger partial charge in [-0.2, -0.15) is 5.10 Å². The normalized spacial score (nSPS) is 21.0. The summed E-state index contributed by atoms with van der Waals surface area (Å²) in [5.74, 6) is 1.06. The minimum Gasteiger partial charge on any atom is -0.354 e. The topological polar surface area (TPSA) is 59.0 Å². The number of hydrogen-bond acceptors (Lipinski definition) is 3. The van der Waals surface area contributed by atoms with E-state index in [4.69, 9.17) is 0 Å². The number of carbonyl (C=O) groups is 1. The van der Waals surface area contributed by atoms with Gasteiger partial charge in [0.1, 0.15) is 17.0 Å². The maximum atomic E-state index is 12.0. The molecule has 5 heteroatoms. The third-order valence-corrected chi connectivity index (χ3v) is 3.69. The van der Waals surface area contributed by atoms with Gasteiger partial charge in [0.25, 0.3) is 0 Å². The van der Waals surface area contributed by atoms with E-state index in [9.17, 15) is 4.79 Å². The van der Waals surface area contributed by atoms with Crippen LogP contribution in [0.25, 0.3) is 0 Å². The van der Waals surface area contributed by atoms with Gasteiger partial charge in [0.15, 0.2) is 0 Å². The lowest BCUT2D eigenvalue weighted by Crippen LogP contribution is -2.57. The lowest BCUT2D eigenvalue weighted by Gasteiger charge is -2.44. The molecular formula is C11H16N4O. The van der Waals surface area contributed by atoms with Crippen molar-refractivity contribution >= 4 is 17.4 Å². The Labute approximate surface area is 94.2 Å². The molecule has 1 saturated carbocycles. The fraction of sp³-hybridized carbons (Fsp3) is 0.636. The molecule has 0 saturated heterocycles. The van der Waals surface area contributed by atoms with Crippen molar-refractivity contribution in [3.05, 3.63) is 5.69 Å². The maximum absolute atomic E-state index is 12.0. The van der Waals surface area contributed by atoms with E-state index in [1.54, 1.807) is 0 Å². The smallest absolute Gasteiger partial charge is 0.250 e. The molecule has 1 fully saturated rings. The first-order valence-electron chi connectivity index (χ1n) is 5.82. The molecule has 1 amide bonds. The second-order valence-electron chi connectivity index (χ2n) is 4.66. The lowest BCUT2D eigenvalue weighted by molar-refractivity contribution is -0.123. The van der Waals surface area contributed by atoms with Gasteiger partial charge in [0.2, 0.25) is 5.91 Å². The van der Waals surface area contributed by atoms with Crippen molar-refractivity contribution in [3.8, 4) is 0 Å². The first kappa shape index (κ1) is 9.69. The third-order valence-electron chi connectivity index (χ3n) is 3.69. The molecule has 1 aromatic rings. The van der Waals surface area contributed by atoms with Gasteiger partial charge >= 0.3 is 0 Å². The molecule has 1 aliphatic carbocycles. The van der Waals surface area contributed by atoms with Gasteiger partial charge in [-0.3, -0.25) is 9.48 Å². The summed E-state index contributed by atoms with van der Waals surface area (Å²) in [4.78, 5) is 12.0. The van der Waals surface area contributed by atoms with Crippen molar-refractivity contribution in [2.45, 2.75) is 38.1 Å². The van der Waals surface area contributed by atoms with Gasteiger partial charge in [-0.1, -0.05) is 6.92 Å². The van der Waals surface area contributed by atoms with Gasteiger partial charge in [0, 0.05) is 7.05 Å². The average molecular weight is 220 g/mol. The highest BCUT2D eigenvalue weighted by Crippen LogP contribution is 2.42. The zero-order chi connectivity index (χ0) is 11.3. The van der Waals surface area contributed by atoms with E-state index >= 15 is 0 Å². The van der Waals surface area contributed by atoms with E-state index in [1.165, 1.54) is 0 Å². The number of fused-ring (bicyclic) bond motifs is 1. The number of carbonyl (C=O) groups excluding carboxylic acids is 1. The highest BCUT2D eigenvalue weighted by molar-refractivity contribution is 6.06. The maximum Gasteiger partial charge on any atom is 0.250 e. The summed E-state index contributed by atoms with van der Waals surface area (Å²) >= 11 is 0. The van der Waals surface area contributed by atoms with Crippen LogP contribution in [0.5, 0.6) is 0 Å². The van der Waals surface area contributed by atoms with Crippen molar-refractivity contribution in [1.29, 1.82) is 0 Å². The lowest BCUT2D eigenvalue weighted by atomic mass is 9.75. The number of aromatic nitrogens is 2. The molecule has 0 atom stereocenters. The molecule has 1 aliphatic heterocycles. The first-order chi connectivity index (χ1) is 7.66. The summed E-state index contributed by atoms with van der Waals surface area (Å²) in [5.41, 5.74) is 1.46. The fourth-order valence-electron chi connectivity index (χ4n) is 2.50. The molecule has 0 bridgehead atoms. The zero-order valence-electron chi connectivity index (χ0n) is 9.63. The molecule has 3 rings (SSSR count). The number of hydrogen-bond donors (Lipinski definition) is 2. The third kappa shape index (κ3) is 1.06. The second-order valence-corrected chi connectivity index (χ2v) is 4.66. The summed E-state index contributed by atoms with van der Waals surface area (Å²) in [6.45, 7) is 2.04. The van der Waals surface area contributed by atoms with Crippen LogP contribution < -0.4 is 10.6 Å². The fourth-order valence-corrected chi connectivity index (χ4v) is 2.50. The van der Waals surface area contributed by atoms with Gasteiger partial charge in [-0.25, -0.2) is 0 Å². The highest BCUT2D eigenvalue weighted by atomic mass is 16.2. The number of rotatable bonds is 1. The summed E-state index contributed by atoms with van der Waals surface area (Å²) in [5, 5.41) is 10.8. The van der Waals surface area contributed by atoms with E-state index in [2.05, 4.69) is 15.7 Å². The number of amides is 1. The van der Waals surface area contributed by atoms with Crippen LogP contribution in [0.3, 0.4) is 0 Å². The monoisotopic (exact) mass is 220 g/mol. The van der Waals surface area contributed by atoms with Crippen molar-refractivity contribution in [3.63, 3.8) is 0 Å². The zero-order valence-corrected chi connectivity index (χ0v) is 9.63. The average Bonchev–Trinajstić information content (AvgIpc) is 2.51. The summed E-state index contributed by atoms with van der Waals surface area (Å²) in [6, 6.07) is 0. The van der Waals surface area contributed by atoms with Crippen molar-refractivity contribution in [2.24, 2.45) is 7.05 Å². The minimum absolute atomic E-state index is 0.106. The van der Waals surface area contributed by atoms with Gasteiger partial charge in [-0.05, 0) is 25.7 Å². The van der Waals surface area contributed by atoms with Crippen LogP contribution in [0.15, 0.2) is 0 Å². The largest absolute Gasteiger partial charge is 0.354 e. The predicted octanol–water partition coefficient (Wildman–Crippen LogP) is 1.27. The number of aryl methyl sites for hydroxylation is 2. The molecular weight excluding hydrogens is 204 g/mol. The quantitative estimate of drug-likeness (QED) is 0.749. The van der Waals surface area contributed by atoms with Gasteiger partial charge in [0.05, 0.1) is 5.69 Å². The SMILES string of the molecule is CCc1nn(C)c2c1NC(=O)C1(CCC1)N2. The molecule has 16 heavy (non-hydrogen) atoms. The van der Waals surface area contributed by atoms with Crippen LogP contribution >= 0.6 is 0 Å². The van der Waals surface area contributed by atoms with Crippen molar-refractivity contribution in [2.75, 3.05) is 10.6 Å². The van der Waals surface area contributed by atoms with Crippen LogP contribution in [0.1, 0.15) is 31.9 Å². The molecule has 0 unspecified atom stereocenters. The van der Waals surface area contributed by atoms with Crippen LogP contribution in [0.4, 0.5) is 11.5 Å². The van der Waals surface area contributed by atoms with Crippen LogP contribution in [-0.4, -0.2) is 21.2 Å². The Kier molecular flexibility index (Phi) is 1.81. The van der Waals surface area contributed by atoms with Crippen LogP contribution in [-0.2, 0) is 18.3 Å². The number of nitrogens with zero attached hydrogens (tertiary/aromatic N) is 2. The van der Waals surface area contributed by atoms with Crippen molar-refractivity contribution in [1.82, 2.24) is 9.78 Å². The number of anilines is 2. The van der Waals surface area contributed by atoms with Crippen molar-refractivity contribution < 1.29 is 4.79 Å². The molecule has 1 spiro atoms. The van der Waals surface area contributed by atoms with E-state index in [1.807, 2.05) is 18.7 Å². The molecule has 0 radical (unpaired) electrons. The predicted molar refractivity (Wildman–Crippen MR) is 61.4 cm³/mol. The summed E-state index contributed by atoms with van der Waals surface area (Å²) < 4.78 is 1.83. The van der Waals surface area contributed by atoms with E-state index in [0.29, 0.717) is 0 Å². The standard InChI is InChI=1S/C11H16N4O/c1-3-7-8-9(15(2)14-7)13-11(5-4-6-11)10(16)12-8/h13H,3-6H2,1-2H3,(H,12,16). The Morgan fingerprint density at radius 3 is 2.81 bits per heavy atom. The molecule has 2 aliphatic rings. The molecule has 0 aromatic carbocycles. The Hall–Kier alpha value is -1.52. The molecule has 5 nitrogen and oxygen atoms in total. The van der Waals surface area contributed by atoms with Crippen LogP contribution in [0.2, 0.25) is 0 Å². The Bertz CT molecular complexity index is 459. The molecule has 86 valence electrons. The second kappa shape index (κ2) is 2.99.